The van der Waals surface area contributed by atoms with Gasteiger partial charge in [-0.3, -0.25) is 0 Å². The van der Waals surface area contributed by atoms with Crippen LogP contribution in [-0.2, 0) is 4.74 Å². The molecule has 4 atom stereocenters. The molecule has 2 fully saturated rings. The number of nitrogens with one attached hydrogen (secondary N) is 1. The first-order valence-corrected chi connectivity index (χ1v) is 3.50. The van der Waals surface area contributed by atoms with Gasteiger partial charge in [-0.1, -0.05) is 0 Å². The van der Waals surface area contributed by atoms with Crippen LogP contribution in [0.25, 0.3) is 0 Å². The van der Waals surface area contributed by atoms with Gasteiger partial charge in [-0.05, 0) is 0 Å². The Bertz CT molecular complexity index is 141. The second-order valence-electron chi connectivity index (χ2n) is 2.87. The van der Waals surface area contributed by atoms with E-state index in [1.807, 2.05) is 0 Å². The summed E-state index contributed by atoms with van der Waals surface area (Å²) in [7, 11) is 0. The third kappa shape index (κ3) is 0.769. The van der Waals surface area contributed by atoms with E-state index >= 15 is 0 Å². The summed E-state index contributed by atoms with van der Waals surface area (Å²) >= 11 is 0. The maximum atomic E-state index is 9.33. The number of rotatable bonds is 0. The quantitative estimate of drug-likeness (QED) is 0.372. The summed E-state index contributed by atoms with van der Waals surface area (Å²) in [5.41, 5.74) is 0. The molecule has 4 heteroatoms. The Morgan fingerprint density at radius 2 is 2.20 bits per heavy atom. The predicted molar refractivity (Wildman–Crippen MR) is 33.5 cm³/mol. The Balaban J connectivity index is 2.13. The van der Waals surface area contributed by atoms with E-state index < -0.39 is 12.2 Å². The molecule has 2 aliphatic rings. The number of hydrogen-bond donors (Lipinski definition) is 3. The summed E-state index contributed by atoms with van der Waals surface area (Å²) in [5, 5.41) is 21.5. The minimum atomic E-state index is -0.547. The van der Waals surface area contributed by atoms with Crippen molar-refractivity contribution in [3.05, 3.63) is 0 Å². The van der Waals surface area contributed by atoms with Gasteiger partial charge in [-0.15, -0.1) is 0 Å². The largest absolute Gasteiger partial charge is 0.389 e. The first kappa shape index (κ1) is 6.54. The number of aliphatic hydroxyl groups is 2. The molecule has 2 rings (SSSR count). The van der Waals surface area contributed by atoms with Gasteiger partial charge in [0.1, 0.15) is 12.2 Å². The van der Waals surface area contributed by atoms with Crippen LogP contribution in [0.4, 0.5) is 0 Å². The van der Waals surface area contributed by atoms with Crippen LogP contribution in [0.2, 0.25) is 0 Å². The second kappa shape index (κ2) is 2.17. The van der Waals surface area contributed by atoms with Gasteiger partial charge in [0.2, 0.25) is 0 Å². The van der Waals surface area contributed by atoms with E-state index in [1.165, 1.54) is 0 Å². The van der Waals surface area contributed by atoms with Crippen LogP contribution in [-0.4, -0.2) is 47.7 Å². The number of hydrogen-bond acceptors (Lipinski definition) is 4. The molecule has 3 N–H and O–H groups in total. The summed E-state index contributed by atoms with van der Waals surface area (Å²) in [4.78, 5) is 0. The molecule has 0 aliphatic carbocycles. The molecule has 4 nitrogen and oxygen atoms in total. The highest BCUT2D eigenvalue weighted by atomic mass is 16.5. The molecule has 58 valence electrons. The van der Waals surface area contributed by atoms with Crippen LogP contribution in [0.3, 0.4) is 0 Å². The van der Waals surface area contributed by atoms with Crippen LogP contribution >= 0.6 is 0 Å². The summed E-state index contributed by atoms with van der Waals surface area (Å²) in [6.07, 6.45) is -1.43. The van der Waals surface area contributed by atoms with Gasteiger partial charge < -0.3 is 20.3 Å². The van der Waals surface area contributed by atoms with Crippen molar-refractivity contribution in [1.29, 1.82) is 0 Å². The average Bonchev–Trinajstić information content (AvgIpc) is 2.13. The minimum Gasteiger partial charge on any atom is -0.389 e. The second-order valence-corrected chi connectivity index (χ2v) is 2.87. The lowest BCUT2D eigenvalue weighted by Gasteiger charge is -2.28. The fourth-order valence-corrected chi connectivity index (χ4v) is 1.55. The Hall–Kier alpha value is -0.160. The van der Waals surface area contributed by atoms with E-state index in [1.54, 1.807) is 0 Å². The standard InChI is InChI=1S/C6H11NO3/c8-4-1-7-3-2-10-6(4)5(3)9/h3-9H,1-2H2/t3-,4+,5-,6-/m1/s1. The monoisotopic (exact) mass is 145 g/mol. The molecule has 2 saturated heterocycles. The van der Waals surface area contributed by atoms with Crippen molar-refractivity contribution in [2.75, 3.05) is 13.2 Å². The zero-order chi connectivity index (χ0) is 7.14. The zero-order valence-corrected chi connectivity index (χ0v) is 5.53. The van der Waals surface area contributed by atoms with Gasteiger partial charge in [0, 0.05) is 6.54 Å². The van der Waals surface area contributed by atoms with E-state index in [9.17, 15) is 10.2 Å². The molecule has 0 saturated carbocycles. The zero-order valence-electron chi connectivity index (χ0n) is 5.53. The van der Waals surface area contributed by atoms with Gasteiger partial charge in [-0.25, -0.2) is 0 Å². The van der Waals surface area contributed by atoms with Crippen molar-refractivity contribution in [3.8, 4) is 0 Å². The van der Waals surface area contributed by atoms with E-state index in [2.05, 4.69) is 5.32 Å². The van der Waals surface area contributed by atoms with Crippen molar-refractivity contribution in [3.63, 3.8) is 0 Å². The van der Waals surface area contributed by atoms with Gasteiger partial charge in [0.25, 0.3) is 0 Å². The molecule has 2 heterocycles. The maximum Gasteiger partial charge on any atom is 0.112 e. The van der Waals surface area contributed by atoms with Crippen LogP contribution < -0.4 is 5.32 Å². The van der Waals surface area contributed by atoms with Crippen LogP contribution in [0.5, 0.6) is 0 Å². The number of aliphatic hydroxyl groups excluding tert-OH is 2. The predicted octanol–water partition coefficient (Wildman–Crippen LogP) is -1.92. The molecule has 0 spiro atoms. The molecule has 0 aromatic carbocycles. The lowest BCUT2D eigenvalue weighted by atomic mass is 10.0. The topological polar surface area (TPSA) is 61.7 Å². The van der Waals surface area contributed by atoms with Gasteiger partial charge in [0.05, 0.1) is 18.8 Å². The number of fused-ring (bicyclic) bond motifs is 2. The minimum absolute atomic E-state index is 0.0356. The molecule has 0 amide bonds. The van der Waals surface area contributed by atoms with Gasteiger partial charge in [0.15, 0.2) is 0 Å². The Labute approximate surface area is 58.8 Å². The number of β-amino-alcohol motifs (C(OH)–C–C–N with tert-alkyl or cyclic N) is 1. The summed E-state index contributed by atoms with van der Waals surface area (Å²) < 4.78 is 5.14. The molecule has 2 bridgehead atoms. The lowest BCUT2D eigenvalue weighted by molar-refractivity contribution is -0.0540. The summed E-state index contributed by atoms with van der Waals surface area (Å²) in [5.74, 6) is 0. The SMILES string of the molecule is O[C@H]1[C@@H]2OC[C@H]1NC[C@@H]2O. The Kier molecular flexibility index (Phi) is 1.42. The van der Waals surface area contributed by atoms with E-state index in [0.717, 1.165) is 0 Å². The van der Waals surface area contributed by atoms with Crippen molar-refractivity contribution >= 4 is 0 Å². The number of ether oxygens (including phenoxy) is 1. The Morgan fingerprint density at radius 1 is 1.40 bits per heavy atom. The third-order valence-electron chi connectivity index (χ3n) is 2.19. The first-order valence-electron chi connectivity index (χ1n) is 3.50. The highest BCUT2D eigenvalue weighted by Crippen LogP contribution is 2.21. The number of piperidine rings is 1. The third-order valence-corrected chi connectivity index (χ3v) is 2.19. The average molecular weight is 145 g/mol. The van der Waals surface area contributed by atoms with Crippen LogP contribution in [0.15, 0.2) is 0 Å². The van der Waals surface area contributed by atoms with Gasteiger partial charge >= 0.3 is 0 Å². The van der Waals surface area contributed by atoms with Gasteiger partial charge in [-0.2, -0.15) is 0 Å². The normalized spacial score (nSPS) is 53.4. The molecule has 10 heavy (non-hydrogen) atoms. The Morgan fingerprint density at radius 3 is 2.90 bits per heavy atom. The molecular formula is C6H11NO3. The fraction of sp³-hybridized carbons (Fsp3) is 1.00. The smallest absolute Gasteiger partial charge is 0.112 e. The van der Waals surface area contributed by atoms with Crippen LogP contribution in [0, 0.1) is 0 Å². The first-order chi connectivity index (χ1) is 4.79. The molecule has 0 radical (unpaired) electrons. The molecule has 2 aliphatic heterocycles. The summed E-state index contributed by atoms with van der Waals surface area (Å²) in [6.45, 7) is 1.05. The molecule has 0 unspecified atom stereocenters. The van der Waals surface area contributed by atoms with E-state index in [-0.39, 0.29) is 12.1 Å². The summed E-state index contributed by atoms with van der Waals surface area (Å²) in [6, 6.07) is 0.0356. The molecule has 0 aromatic heterocycles. The maximum absolute atomic E-state index is 9.33. The van der Waals surface area contributed by atoms with E-state index in [0.29, 0.717) is 13.2 Å². The van der Waals surface area contributed by atoms with E-state index in [4.69, 9.17) is 4.74 Å². The fourth-order valence-electron chi connectivity index (χ4n) is 1.55. The van der Waals surface area contributed by atoms with Crippen LogP contribution in [0.1, 0.15) is 0 Å². The highest BCUT2D eigenvalue weighted by Gasteiger charge is 2.43. The molecular weight excluding hydrogens is 134 g/mol. The lowest BCUT2D eigenvalue weighted by Crippen LogP contribution is -2.54. The molecule has 0 aromatic rings. The van der Waals surface area contributed by atoms with Crippen molar-refractivity contribution in [1.82, 2.24) is 5.32 Å². The van der Waals surface area contributed by atoms with Crippen molar-refractivity contribution in [2.45, 2.75) is 24.4 Å². The highest BCUT2D eigenvalue weighted by molar-refractivity contribution is 4.97. The van der Waals surface area contributed by atoms with Crippen molar-refractivity contribution < 1.29 is 14.9 Å². The van der Waals surface area contributed by atoms with Crippen molar-refractivity contribution in [2.24, 2.45) is 0 Å².